The predicted molar refractivity (Wildman–Crippen MR) is 209 cm³/mol. The van der Waals surface area contributed by atoms with Gasteiger partial charge in [0, 0.05) is 41.4 Å². The number of aromatic nitrogens is 1. The maximum atomic E-state index is 14.1. The monoisotopic (exact) mass is 803 g/mol. The van der Waals surface area contributed by atoms with Crippen LogP contribution in [0.25, 0.3) is 10.9 Å². The number of ether oxygens (including phenoxy) is 1. The second-order valence-corrected chi connectivity index (χ2v) is 18.7. The maximum Gasteiger partial charge on any atom is 0.407 e. The highest BCUT2D eigenvalue weighted by molar-refractivity contribution is 7.88. The molecule has 3 aromatic rings. The second-order valence-electron chi connectivity index (χ2n) is 14.6. The molecule has 3 rings (SSSR count). The summed E-state index contributed by atoms with van der Waals surface area (Å²) in [5.41, 5.74) is 2.01. The van der Waals surface area contributed by atoms with Crippen molar-refractivity contribution in [1.82, 2.24) is 25.7 Å². The van der Waals surface area contributed by atoms with Crippen molar-refractivity contribution in [2.75, 3.05) is 19.0 Å². The Labute approximate surface area is 323 Å². The summed E-state index contributed by atoms with van der Waals surface area (Å²) in [6, 6.07) is 13.7. The van der Waals surface area contributed by atoms with Crippen molar-refractivity contribution in [2.24, 2.45) is 17.8 Å². The van der Waals surface area contributed by atoms with Gasteiger partial charge in [0.05, 0.1) is 18.3 Å². The Bertz CT molecular complexity index is 1910. The van der Waals surface area contributed by atoms with Crippen LogP contribution in [0, 0.1) is 17.8 Å². The van der Waals surface area contributed by atoms with Crippen LogP contribution in [0.2, 0.25) is 0 Å². The van der Waals surface area contributed by atoms with Gasteiger partial charge in [-0.1, -0.05) is 83.6 Å². The normalized spacial score (nSPS) is 14.5. The number of para-hydroxylation sites is 1. The van der Waals surface area contributed by atoms with E-state index >= 15 is 0 Å². The van der Waals surface area contributed by atoms with Gasteiger partial charge in [0.15, 0.2) is 0 Å². The van der Waals surface area contributed by atoms with Crippen molar-refractivity contribution in [3.63, 3.8) is 0 Å². The standard InChI is InChI=1S/C38H55N5O10PS/c1-25(2)19-29(35(44)41-33(37(46)47)21-28-22-40-31-16-10-9-15-30(28)31)24-54(49,50)34(20-26(3)4)42-36(45)32(43-55(5,51)52)17-11-12-18-39-38(48)53-23-27-13-7-6-8-14-27/h6-10,13-16,22,25-26,29,32-33,40,43H,11-12,17-21,23-24H2,1-5H3,(H5-,39,41,42,44,45,46,47,48,49,50)/q-1/p-1/t29?,32-,33-/m0/s1. The smallest absolute Gasteiger partial charge is 0.407 e. The summed E-state index contributed by atoms with van der Waals surface area (Å²) in [7, 11) is -8.38. The summed E-state index contributed by atoms with van der Waals surface area (Å²) in [4.78, 5) is 80.2. The molecule has 3 amide bonds. The number of aliphatic carboxylic acids is 1. The van der Waals surface area contributed by atoms with Gasteiger partial charge in [-0.3, -0.25) is 9.59 Å². The highest BCUT2D eigenvalue weighted by atomic mass is 32.2. The van der Waals surface area contributed by atoms with Gasteiger partial charge in [0.25, 0.3) is 0 Å². The summed E-state index contributed by atoms with van der Waals surface area (Å²) in [5.74, 6) is -4.58. The molecule has 6 N–H and O–H groups in total. The molecule has 0 bridgehead atoms. The van der Waals surface area contributed by atoms with E-state index in [0.717, 1.165) is 22.7 Å². The molecule has 2 unspecified atom stereocenters. The van der Waals surface area contributed by atoms with E-state index in [1.807, 2.05) is 62.4 Å². The number of unbranched alkanes of at least 4 members (excludes halogenated alkanes) is 1. The van der Waals surface area contributed by atoms with Gasteiger partial charge in [-0.15, -0.1) is 0 Å². The fraction of sp³-hybridized carbons (Fsp3) is 0.500. The molecule has 0 saturated carbocycles. The van der Waals surface area contributed by atoms with E-state index in [9.17, 15) is 42.5 Å². The Kier molecular flexibility index (Phi) is 17.4. The number of hydrogen-bond donors (Lipinski definition) is 6. The van der Waals surface area contributed by atoms with Gasteiger partial charge >= 0.3 is 6.09 Å². The van der Waals surface area contributed by atoms with Crippen molar-refractivity contribution in [3.8, 4) is 0 Å². The number of carboxylic acid groups (broad SMARTS) is 1. The minimum Gasteiger partial charge on any atom is -0.808 e. The summed E-state index contributed by atoms with van der Waals surface area (Å²) in [5, 5.41) is 20.6. The minimum absolute atomic E-state index is 0.00373. The van der Waals surface area contributed by atoms with Gasteiger partial charge in [-0.2, -0.15) is 0 Å². The molecule has 17 heteroatoms. The van der Waals surface area contributed by atoms with E-state index in [2.05, 4.69) is 25.7 Å². The first-order valence-electron chi connectivity index (χ1n) is 18.3. The second kappa shape index (κ2) is 21.2. The molecule has 0 aliphatic heterocycles. The molecule has 0 aliphatic carbocycles. The lowest BCUT2D eigenvalue weighted by atomic mass is 9.97. The van der Waals surface area contributed by atoms with Crippen LogP contribution in [-0.4, -0.2) is 78.6 Å². The van der Waals surface area contributed by atoms with Crippen molar-refractivity contribution < 1.29 is 47.2 Å². The fourth-order valence-electron chi connectivity index (χ4n) is 6.08. The number of nitrogens with one attached hydrogen (secondary N) is 5. The molecular weight excluding hydrogens is 749 g/mol. The fourth-order valence-corrected chi connectivity index (χ4v) is 8.89. The molecule has 0 radical (unpaired) electrons. The van der Waals surface area contributed by atoms with Crippen LogP contribution in [0.15, 0.2) is 60.8 Å². The molecule has 15 nitrogen and oxygen atoms in total. The van der Waals surface area contributed by atoms with E-state index in [1.165, 1.54) is 0 Å². The third kappa shape index (κ3) is 15.8. The van der Waals surface area contributed by atoms with E-state index in [0.29, 0.717) is 18.4 Å². The number of hydrogen-bond acceptors (Lipinski definition) is 10. The predicted octanol–water partition coefficient (Wildman–Crippen LogP) is 2.11. The zero-order valence-electron chi connectivity index (χ0n) is 32.0. The van der Waals surface area contributed by atoms with Crippen LogP contribution >= 0.6 is 7.34 Å². The van der Waals surface area contributed by atoms with Gasteiger partial charge in [0.1, 0.15) is 12.6 Å². The molecule has 55 heavy (non-hydrogen) atoms. The molecule has 1 heterocycles. The number of carboxylic acids is 1. The van der Waals surface area contributed by atoms with Gasteiger partial charge in [0.2, 0.25) is 21.8 Å². The minimum atomic E-state index is -4.48. The number of carbonyl (C=O) groups is 4. The molecule has 0 spiro atoms. The quantitative estimate of drug-likeness (QED) is 0.0639. The van der Waals surface area contributed by atoms with Crippen molar-refractivity contribution in [1.29, 1.82) is 0 Å². The lowest BCUT2D eigenvalue weighted by molar-refractivity contribution is -0.308. The van der Waals surface area contributed by atoms with Crippen LogP contribution in [0.4, 0.5) is 4.79 Å². The zero-order chi connectivity index (χ0) is 40.8. The highest BCUT2D eigenvalue weighted by Crippen LogP contribution is 2.39. The Morgan fingerprint density at radius 2 is 1.60 bits per heavy atom. The summed E-state index contributed by atoms with van der Waals surface area (Å²) < 4.78 is 31.9. The Morgan fingerprint density at radius 1 is 0.927 bits per heavy atom. The first-order chi connectivity index (χ1) is 25.8. The van der Waals surface area contributed by atoms with Gasteiger partial charge in [-0.05, 0) is 67.3 Å². The number of carbonyl (C=O) groups excluding carboxylic acids is 4. The molecule has 4 atom stereocenters. The molecule has 0 aliphatic rings. The number of fused-ring (bicyclic) bond motifs is 1. The van der Waals surface area contributed by atoms with Crippen LogP contribution in [0.3, 0.4) is 0 Å². The molecular formula is C38H54N5O10PS-2. The number of rotatable bonds is 22. The molecule has 0 fully saturated rings. The number of amides is 3. The third-order valence-electron chi connectivity index (χ3n) is 8.66. The Hall–Kier alpha value is -4.21. The zero-order valence-corrected chi connectivity index (χ0v) is 33.7. The lowest BCUT2D eigenvalue weighted by Crippen LogP contribution is -2.51. The number of sulfonamides is 1. The van der Waals surface area contributed by atoms with E-state index in [-0.39, 0.29) is 56.1 Å². The largest absolute Gasteiger partial charge is 0.808 e. The van der Waals surface area contributed by atoms with Gasteiger partial charge in [-0.25, -0.2) is 17.9 Å². The van der Waals surface area contributed by atoms with E-state index < -0.39 is 65.4 Å². The highest BCUT2D eigenvalue weighted by Gasteiger charge is 2.29. The Balaban J connectivity index is 1.73. The topological polar surface area (TPSA) is 242 Å². The summed E-state index contributed by atoms with van der Waals surface area (Å²) in [6.07, 6.45) is 1.99. The number of aromatic amines is 1. The third-order valence-corrected chi connectivity index (χ3v) is 11.4. The first kappa shape index (κ1) is 45.2. The summed E-state index contributed by atoms with van der Waals surface area (Å²) in [6.45, 7) is 7.45. The van der Waals surface area contributed by atoms with Gasteiger partial charge < -0.3 is 45.4 Å². The average molecular weight is 804 g/mol. The molecule has 1 aromatic heterocycles. The van der Waals surface area contributed by atoms with Crippen LogP contribution in [0.1, 0.15) is 70.9 Å². The Morgan fingerprint density at radius 3 is 2.24 bits per heavy atom. The molecule has 304 valence electrons. The SMILES string of the molecule is CC(C)CC(NC(=O)[C@H](CCCCNC(=O)OCc1ccccc1)NS(C)(=O)=O)=P([O-])(O)CC(CC(C)C)C(=O)N[C@@H](Cc1c[nH]c2ccccc12)C(=O)[O-]. The number of benzene rings is 2. The van der Waals surface area contributed by atoms with Crippen molar-refractivity contribution >= 4 is 57.6 Å². The van der Waals surface area contributed by atoms with Crippen molar-refractivity contribution in [2.45, 2.75) is 84.9 Å². The maximum absolute atomic E-state index is 14.1. The van der Waals surface area contributed by atoms with E-state index in [1.54, 1.807) is 26.1 Å². The van der Waals surface area contributed by atoms with E-state index in [4.69, 9.17) is 4.74 Å². The lowest BCUT2D eigenvalue weighted by Gasteiger charge is -2.36. The molecule has 0 saturated heterocycles. The summed E-state index contributed by atoms with van der Waals surface area (Å²) >= 11 is 0. The van der Waals surface area contributed by atoms with Crippen LogP contribution in [0.5, 0.6) is 0 Å². The number of H-pyrrole nitrogens is 1. The molecule has 2 aromatic carbocycles. The number of alkyl carbamates (subject to hydrolysis) is 1. The van der Waals surface area contributed by atoms with Crippen LogP contribution < -0.4 is 30.7 Å². The first-order valence-corrected chi connectivity index (χ1v) is 22.0. The average Bonchev–Trinajstić information content (AvgIpc) is 3.51. The van der Waals surface area contributed by atoms with Crippen LogP contribution in [-0.2, 0) is 42.2 Å². The van der Waals surface area contributed by atoms with Crippen molar-refractivity contribution in [3.05, 3.63) is 71.9 Å².